The zero-order valence-corrected chi connectivity index (χ0v) is 12.6. The Morgan fingerprint density at radius 2 is 1.19 bits per heavy atom. The molecule has 0 amide bonds. The van der Waals surface area contributed by atoms with Gasteiger partial charge in [0.25, 0.3) is 0 Å². The van der Waals surface area contributed by atoms with Gasteiger partial charge in [-0.05, 0) is 17.1 Å². The molecule has 2 saturated carbocycles. The van der Waals surface area contributed by atoms with Gasteiger partial charge < -0.3 is 0 Å². The van der Waals surface area contributed by atoms with E-state index in [2.05, 4.69) is 6.92 Å². The topological polar surface area (TPSA) is 0 Å². The number of hydrogen-bond donors (Lipinski definition) is 0. The first kappa shape index (κ1) is 13.0. The highest BCUT2D eigenvalue weighted by Crippen LogP contribution is 2.51. The van der Waals surface area contributed by atoms with Crippen LogP contribution in [0.25, 0.3) is 0 Å². The molecular formula is C14H27ClSi. The Kier molecular flexibility index (Phi) is 4.78. The molecule has 0 unspecified atom stereocenters. The molecule has 0 N–H and O–H groups in total. The molecule has 0 heterocycles. The molecule has 0 aromatic carbocycles. The average molecular weight is 259 g/mol. The molecule has 0 bridgehead atoms. The highest BCUT2D eigenvalue weighted by atomic mass is 35.6. The summed E-state index contributed by atoms with van der Waals surface area (Å²) in [6.45, 7) is 2.38. The summed E-state index contributed by atoms with van der Waals surface area (Å²) in [7, 11) is -1.45. The van der Waals surface area contributed by atoms with E-state index in [1.165, 1.54) is 70.3 Å². The Labute approximate surface area is 107 Å². The zero-order valence-electron chi connectivity index (χ0n) is 10.8. The fourth-order valence-corrected chi connectivity index (χ4v) is 9.94. The number of halogens is 1. The van der Waals surface area contributed by atoms with E-state index in [4.69, 9.17) is 11.1 Å². The van der Waals surface area contributed by atoms with E-state index in [0.29, 0.717) is 0 Å². The van der Waals surface area contributed by atoms with Crippen LogP contribution in [0.2, 0.25) is 17.1 Å². The fourth-order valence-electron chi connectivity index (χ4n) is 4.08. The Balaban J connectivity index is 2.03. The van der Waals surface area contributed by atoms with E-state index in [9.17, 15) is 0 Å². The average Bonchev–Trinajstić information content (AvgIpc) is 2.40. The minimum atomic E-state index is -1.45. The van der Waals surface area contributed by atoms with E-state index in [1.807, 2.05) is 0 Å². The van der Waals surface area contributed by atoms with Crippen molar-refractivity contribution in [1.29, 1.82) is 0 Å². The van der Waals surface area contributed by atoms with Crippen molar-refractivity contribution < 1.29 is 0 Å². The van der Waals surface area contributed by atoms with Crippen LogP contribution < -0.4 is 0 Å². The smallest absolute Gasteiger partial charge is 0.162 e. The summed E-state index contributed by atoms with van der Waals surface area (Å²) in [5, 5.41) is 0. The Bertz CT molecular complexity index is 187. The van der Waals surface area contributed by atoms with Crippen molar-refractivity contribution in [3.05, 3.63) is 0 Å². The first-order valence-corrected chi connectivity index (χ1v) is 10.8. The van der Waals surface area contributed by atoms with Gasteiger partial charge in [0, 0.05) is 0 Å². The van der Waals surface area contributed by atoms with E-state index in [0.717, 1.165) is 11.1 Å². The van der Waals surface area contributed by atoms with Crippen molar-refractivity contribution in [3.8, 4) is 0 Å². The predicted octanol–water partition coefficient (Wildman–Crippen LogP) is 5.86. The lowest BCUT2D eigenvalue weighted by Gasteiger charge is -2.42. The molecule has 94 valence electrons. The summed E-state index contributed by atoms with van der Waals surface area (Å²) in [6, 6.07) is 1.32. The first-order chi connectivity index (χ1) is 7.77. The summed E-state index contributed by atoms with van der Waals surface area (Å²) in [5.41, 5.74) is 1.91. The second-order valence-corrected chi connectivity index (χ2v) is 12.3. The maximum Gasteiger partial charge on any atom is 0.162 e. The van der Waals surface area contributed by atoms with Crippen molar-refractivity contribution in [2.45, 2.75) is 88.3 Å². The van der Waals surface area contributed by atoms with Gasteiger partial charge in [0.05, 0.1) is 0 Å². The third-order valence-corrected chi connectivity index (χ3v) is 12.7. The van der Waals surface area contributed by atoms with E-state index in [1.54, 1.807) is 0 Å². The van der Waals surface area contributed by atoms with Crippen LogP contribution in [0.1, 0.15) is 71.1 Å². The molecule has 0 nitrogen and oxygen atoms in total. The third kappa shape index (κ3) is 2.67. The highest BCUT2D eigenvalue weighted by molar-refractivity contribution is 7.21. The monoisotopic (exact) mass is 258 g/mol. The second-order valence-electron chi connectivity index (χ2n) is 5.95. The van der Waals surface area contributed by atoms with Gasteiger partial charge in [-0.1, -0.05) is 71.1 Å². The summed E-state index contributed by atoms with van der Waals surface area (Å²) in [6.07, 6.45) is 14.6. The molecule has 2 aliphatic carbocycles. The summed E-state index contributed by atoms with van der Waals surface area (Å²) in [5.74, 6) is 0. The van der Waals surface area contributed by atoms with Crippen molar-refractivity contribution in [3.63, 3.8) is 0 Å². The van der Waals surface area contributed by atoms with Gasteiger partial charge in [0.1, 0.15) is 0 Å². The Hall–Kier alpha value is 0.507. The summed E-state index contributed by atoms with van der Waals surface area (Å²) in [4.78, 5) is 0. The molecule has 0 spiro atoms. The molecule has 16 heavy (non-hydrogen) atoms. The van der Waals surface area contributed by atoms with Crippen LogP contribution in [0.15, 0.2) is 0 Å². The van der Waals surface area contributed by atoms with Crippen molar-refractivity contribution in [2.24, 2.45) is 0 Å². The fraction of sp³-hybridized carbons (Fsp3) is 1.00. The molecule has 0 aromatic heterocycles. The largest absolute Gasteiger partial charge is 0.166 e. The second kappa shape index (κ2) is 5.91. The first-order valence-electron chi connectivity index (χ1n) is 7.46. The van der Waals surface area contributed by atoms with Gasteiger partial charge >= 0.3 is 0 Å². The van der Waals surface area contributed by atoms with Crippen LogP contribution in [0.5, 0.6) is 0 Å². The van der Waals surface area contributed by atoms with Gasteiger partial charge in [0.15, 0.2) is 7.38 Å². The molecule has 2 fully saturated rings. The normalized spacial score (nSPS) is 25.9. The lowest BCUT2D eigenvalue weighted by Crippen LogP contribution is -2.40. The lowest BCUT2D eigenvalue weighted by atomic mass is 9.99. The zero-order chi connectivity index (χ0) is 11.4. The van der Waals surface area contributed by atoms with Crippen molar-refractivity contribution in [1.82, 2.24) is 0 Å². The van der Waals surface area contributed by atoms with Crippen LogP contribution in [0, 0.1) is 0 Å². The van der Waals surface area contributed by atoms with Crippen LogP contribution in [-0.4, -0.2) is 7.38 Å². The van der Waals surface area contributed by atoms with Gasteiger partial charge in [-0.15, -0.1) is 0 Å². The minimum absolute atomic E-state index is 0.955. The summed E-state index contributed by atoms with van der Waals surface area (Å²) < 4.78 is 0. The van der Waals surface area contributed by atoms with Crippen molar-refractivity contribution in [2.75, 3.05) is 0 Å². The molecule has 0 radical (unpaired) electrons. The maximum absolute atomic E-state index is 7.22. The third-order valence-electron chi connectivity index (χ3n) is 5.11. The maximum atomic E-state index is 7.22. The standard InChI is InChI=1S/C14H27ClSi/c1-2-16(15,13-9-5-3-6-10-13)14-11-7-4-8-12-14/h13-14H,2-12H2,1H3. The van der Waals surface area contributed by atoms with Gasteiger partial charge in [-0.3, -0.25) is 0 Å². The SMILES string of the molecule is CC[Si](Cl)(C1CCCCC1)C1CCCCC1. The lowest BCUT2D eigenvalue weighted by molar-refractivity contribution is 0.457. The predicted molar refractivity (Wildman–Crippen MR) is 75.8 cm³/mol. The van der Waals surface area contributed by atoms with E-state index in [-0.39, 0.29) is 0 Å². The van der Waals surface area contributed by atoms with Gasteiger partial charge in [-0.2, -0.15) is 11.1 Å². The minimum Gasteiger partial charge on any atom is -0.166 e. The van der Waals surface area contributed by atoms with Crippen LogP contribution in [-0.2, 0) is 0 Å². The van der Waals surface area contributed by atoms with Gasteiger partial charge in [0.2, 0.25) is 0 Å². The Morgan fingerprint density at radius 3 is 1.50 bits per heavy atom. The number of hydrogen-bond acceptors (Lipinski definition) is 0. The number of rotatable bonds is 3. The molecule has 0 aromatic rings. The van der Waals surface area contributed by atoms with Crippen molar-refractivity contribution >= 4 is 18.5 Å². The Morgan fingerprint density at radius 1 is 0.812 bits per heavy atom. The molecule has 2 aliphatic rings. The molecule has 2 heteroatoms. The molecule has 2 rings (SSSR count). The molecule has 0 saturated heterocycles. The summed E-state index contributed by atoms with van der Waals surface area (Å²) >= 11 is 7.22. The highest BCUT2D eigenvalue weighted by Gasteiger charge is 2.45. The van der Waals surface area contributed by atoms with Crippen LogP contribution in [0.3, 0.4) is 0 Å². The van der Waals surface area contributed by atoms with E-state index >= 15 is 0 Å². The van der Waals surface area contributed by atoms with Crippen LogP contribution >= 0.6 is 11.1 Å². The van der Waals surface area contributed by atoms with Gasteiger partial charge in [-0.25, -0.2) is 0 Å². The van der Waals surface area contributed by atoms with Crippen LogP contribution in [0.4, 0.5) is 0 Å². The van der Waals surface area contributed by atoms with E-state index < -0.39 is 7.38 Å². The quantitative estimate of drug-likeness (QED) is 0.439. The molecule has 0 aliphatic heterocycles. The molecular weight excluding hydrogens is 232 g/mol. The molecule has 0 atom stereocenters.